The van der Waals surface area contributed by atoms with Crippen LogP contribution in [-0.2, 0) is 5.41 Å². The van der Waals surface area contributed by atoms with Crippen molar-refractivity contribution in [1.29, 1.82) is 0 Å². The first-order valence-electron chi connectivity index (χ1n) is 7.17. The lowest BCUT2D eigenvalue weighted by Gasteiger charge is -2.19. The lowest BCUT2D eigenvalue weighted by molar-refractivity contribution is 0.590. The molecule has 0 bridgehead atoms. The zero-order valence-electron chi connectivity index (χ0n) is 12.8. The molecule has 0 aliphatic heterocycles. The maximum atomic E-state index is 4.60. The third kappa shape index (κ3) is 3.56. The van der Waals surface area contributed by atoms with Crippen LogP contribution in [0.1, 0.15) is 39.7 Å². The van der Waals surface area contributed by atoms with Crippen molar-refractivity contribution in [1.82, 2.24) is 9.97 Å². The Morgan fingerprint density at radius 2 is 1.75 bits per heavy atom. The standard InChI is InChI=1S/C17H23N3/c1-5-10-19-16-12-18-11-15(20-16)13-6-8-14(9-7-13)17(2,3)4/h6-9,11-12H,5,10H2,1-4H3,(H,19,20). The predicted octanol–water partition coefficient (Wildman–Crippen LogP) is 4.26. The van der Waals surface area contributed by atoms with E-state index in [4.69, 9.17) is 0 Å². The first-order chi connectivity index (χ1) is 9.50. The molecule has 106 valence electrons. The van der Waals surface area contributed by atoms with Crippen LogP contribution in [0.3, 0.4) is 0 Å². The van der Waals surface area contributed by atoms with E-state index in [0.717, 1.165) is 30.0 Å². The van der Waals surface area contributed by atoms with Crippen molar-refractivity contribution in [3.8, 4) is 11.3 Å². The first kappa shape index (κ1) is 14.5. The molecule has 0 fully saturated rings. The molecule has 1 aromatic heterocycles. The summed E-state index contributed by atoms with van der Waals surface area (Å²) in [6, 6.07) is 8.58. The number of nitrogens with zero attached hydrogens (tertiary/aromatic N) is 2. The summed E-state index contributed by atoms with van der Waals surface area (Å²) in [7, 11) is 0. The third-order valence-electron chi connectivity index (χ3n) is 3.24. The van der Waals surface area contributed by atoms with Gasteiger partial charge in [-0.05, 0) is 17.4 Å². The van der Waals surface area contributed by atoms with Gasteiger partial charge in [-0.15, -0.1) is 0 Å². The van der Waals surface area contributed by atoms with Gasteiger partial charge >= 0.3 is 0 Å². The number of hydrogen-bond donors (Lipinski definition) is 1. The van der Waals surface area contributed by atoms with Gasteiger partial charge in [0.1, 0.15) is 5.82 Å². The Morgan fingerprint density at radius 1 is 1.05 bits per heavy atom. The van der Waals surface area contributed by atoms with E-state index in [9.17, 15) is 0 Å². The molecule has 0 saturated carbocycles. The van der Waals surface area contributed by atoms with Gasteiger partial charge in [-0.25, -0.2) is 4.98 Å². The molecule has 0 unspecified atom stereocenters. The molecule has 1 N–H and O–H groups in total. The minimum atomic E-state index is 0.175. The van der Waals surface area contributed by atoms with E-state index < -0.39 is 0 Å². The summed E-state index contributed by atoms with van der Waals surface area (Å²) in [6.07, 6.45) is 4.65. The fourth-order valence-corrected chi connectivity index (χ4v) is 1.98. The molecule has 3 heteroatoms. The van der Waals surface area contributed by atoms with Crippen LogP contribution >= 0.6 is 0 Å². The predicted molar refractivity (Wildman–Crippen MR) is 84.9 cm³/mol. The highest BCUT2D eigenvalue weighted by Crippen LogP contribution is 2.25. The van der Waals surface area contributed by atoms with Gasteiger partial charge in [0.05, 0.1) is 18.1 Å². The molecule has 0 atom stereocenters. The van der Waals surface area contributed by atoms with Crippen LogP contribution in [0.5, 0.6) is 0 Å². The molecule has 0 saturated heterocycles. The number of nitrogens with one attached hydrogen (secondary N) is 1. The topological polar surface area (TPSA) is 37.8 Å². The van der Waals surface area contributed by atoms with E-state index in [1.807, 2.05) is 6.20 Å². The second kappa shape index (κ2) is 6.04. The lowest BCUT2D eigenvalue weighted by atomic mass is 9.86. The molecule has 1 heterocycles. The minimum Gasteiger partial charge on any atom is -0.369 e. The summed E-state index contributed by atoms with van der Waals surface area (Å²) in [5.74, 6) is 0.837. The molecular weight excluding hydrogens is 246 g/mol. The van der Waals surface area contributed by atoms with Crippen molar-refractivity contribution < 1.29 is 0 Å². The van der Waals surface area contributed by atoms with E-state index in [0.29, 0.717) is 0 Å². The summed E-state index contributed by atoms with van der Waals surface area (Å²) >= 11 is 0. The van der Waals surface area contributed by atoms with Crippen molar-refractivity contribution in [3.05, 3.63) is 42.2 Å². The first-order valence-corrected chi connectivity index (χ1v) is 7.17. The van der Waals surface area contributed by atoms with Gasteiger partial charge in [0.25, 0.3) is 0 Å². The summed E-state index contributed by atoms with van der Waals surface area (Å²) in [5.41, 5.74) is 3.51. The highest BCUT2D eigenvalue weighted by Gasteiger charge is 2.13. The van der Waals surface area contributed by atoms with Crippen molar-refractivity contribution in [2.75, 3.05) is 11.9 Å². The lowest BCUT2D eigenvalue weighted by Crippen LogP contribution is -2.10. The van der Waals surface area contributed by atoms with Crippen LogP contribution in [0.2, 0.25) is 0 Å². The largest absolute Gasteiger partial charge is 0.369 e. The Kier molecular flexibility index (Phi) is 4.38. The average Bonchev–Trinajstić information content (AvgIpc) is 2.45. The number of rotatable bonds is 4. The Morgan fingerprint density at radius 3 is 2.35 bits per heavy atom. The van der Waals surface area contributed by atoms with E-state index in [1.54, 1.807) is 6.20 Å². The molecule has 0 radical (unpaired) electrons. The van der Waals surface area contributed by atoms with E-state index in [2.05, 4.69) is 67.2 Å². The highest BCUT2D eigenvalue weighted by atomic mass is 15.0. The van der Waals surface area contributed by atoms with Crippen LogP contribution in [0, 0.1) is 0 Å². The van der Waals surface area contributed by atoms with Crippen molar-refractivity contribution >= 4 is 5.82 Å². The average molecular weight is 269 g/mol. The summed E-state index contributed by atoms with van der Waals surface area (Å²) < 4.78 is 0. The Labute approximate surface area is 121 Å². The van der Waals surface area contributed by atoms with Gasteiger partial charge in [0.2, 0.25) is 0 Å². The zero-order valence-corrected chi connectivity index (χ0v) is 12.8. The van der Waals surface area contributed by atoms with Crippen LogP contribution < -0.4 is 5.32 Å². The summed E-state index contributed by atoms with van der Waals surface area (Å²) in [4.78, 5) is 8.86. The Hall–Kier alpha value is -1.90. The van der Waals surface area contributed by atoms with Crippen LogP contribution in [0.25, 0.3) is 11.3 Å². The van der Waals surface area contributed by atoms with Crippen LogP contribution in [0.15, 0.2) is 36.7 Å². The normalized spacial score (nSPS) is 11.4. The fraction of sp³-hybridized carbons (Fsp3) is 0.412. The molecule has 2 aromatic rings. The summed E-state index contributed by atoms with van der Waals surface area (Å²) in [6.45, 7) is 9.71. The number of aromatic nitrogens is 2. The van der Waals surface area contributed by atoms with E-state index >= 15 is 0 Å². The molecule has 2 rings (SSSR count). The number of anilines is 1. The third-order valence-corrected chi connectivity index (χ3v) is 3.24. The molecular formula is C17H23N3. The van der Waals surface area contributed by atoms with Crippen LogP contribution in [0.4, 0.5) is 5.82 Å². The molecule has 1 aromatic carbocycles. The van der Waals surface area contributed by atoms with E-state index in [1.165, 1.54) is 5.56 Å². The minimum absolute atomic E-state index is 0.175. The van der Waals surface area contributed by atoms with E-state index in [-0.39, 0.29) is 5.41 Å². The number of hydrogen-bond acceptors (Lipinski definition) is 3. The van der Waals surface area contributed by atoms with Gasteiger partial charge in [0, 0.05) is 12.1 Å². The second-order valence-electron chi connectivity index (χ2n) is 6.04. The monoisotopic (exact) mass is 269 g/mol. The van der Waals surface area contributed by atoms with Crippen molar-refractivity contribution in [2.24, 2.45) is 0 Å². The van der Waals surface area contributed by atoms with Gasteiger partial charge < -0.3 is 5.32 Å². The maximum Gasteiger partial charge on any atom is 0.145 e. The molecule has 20 heavy (non-hydrogen) atoms. The number of benzene rings is 1. The van der Waals surface area contributed by atoms with Gasteiger partial charge in [-0.3, -0.25) is 4.98 Å². The Balaban J connectivity index is 2.23. The maximum absolute atomic E-state index is 4.60. The summed E-state index contributed by atoms with van der Waals surface area (Å²) in [5, 5.41) is 3.27. The van der Waals surface area contributed by atoms with Gasteiger partial charge in [-0.1, -0.05) is 52.0 Å². The quantitative estimate of drug-likeness (QED) is 0.901. The SMILES string of the molecule is CCCNc1cncc(-c2ccc(C(C)(C)C)cc2)n1. The zero-order chi connectivity index (χ0) is 14.6. The van der Waals surface area contributed by atoms with Crippen molar-refractivity contribution in [2.45, 2.75) is 39.5 Å². The molecule has 3 nitrogen and oxygen atoms in total. The molecule has 0 aliphatic carbocycles. The van der Waals surface area contributed by atoms with Crippen molar-refractivity contribution in [3.63, 3.8) is 0 Å². The second-order valence-corrected chi connectivity index (χ2v) is 6.04. The fourth-order valence-electron chi connectivity index (χ4n) is 1.98. The molecule has 0 spiro atoms. The van der Waals surface area contributed by atoms with Gasteiger partial charge in [0.15, 0.2) is 0 Å². The highest BCUT2D eigenvalue weighted by molar-refractivity contribution is 5.60. The van der Waals surface area contributed by atoms with Crippen LogP contribution in [-0.4, -0.2) is 16.5 Å². The molecule has 0 amide bonds. The van der Waals surface area contributed by atoms with Gasteiger partial charge in [-0.2, -0.15) is 0 Å². The molecule has 0 aliphatic rings. The Bertz CT molecular complexity index is 553. The smallest absolute Gasteiger partial charge is 0.145 e.